The fraction of sp³-hybridized carbons (Fsp3) is 0.263. The van der Waals surface area contributed by atoms with Crippen molar-refractivity contribution < 1.29 is 15.3 Å². The Morgan fingerprint density at radius 2 is 1.73 bits per heavy atom. The molecule has 0 fully saturated rings. The topological polar surface area (TPSA) is 91.4 Å². The smallest absolute Gasteiger partial charge is 0.193 e. The van der Waals surface area contributed by atoms with Gasteiger partial charge in [-0.3, -0.25) is 4.57 Å². The van der Waals surface area contributed by atoms with Crippen LogP contribution in [-0.4, -0.2) is 30.1 Å². The number of rotatable bonds is 4. The molecule has 0 aliphatic rings. The van der Waals surface area contributed by atoms with Gasteiger partial charge < -0.3 is 15.3 Å². The zero-order valence-electron chi connectivity index (χ0n) is 14.9. The van der Waals surface area contributed by atoms with Crippen molar-refractivity contribution in [2.75, 3.05) is 0 Å². The monoisotopic (exact) mass is 371 g/mol. The summed E-state index contributed by atoms with van der Waals surface area (Å²) in [6, 6.07) is 6.75. The minimum absolute atomic E-state index is 0.0334. The summed E-state index contributed by atoms with van der Waals surface area (Å²) in [7, 11) is 0. The van der Waals surface area contributed by atoms with E-state index in [-0.39, 0.29) is 18.1 Å². The van der Waals surface area contributed by atoms with Crippen LogP contribution in [0.2, 0.25) is 0 Å². The number of aryl methyl sites for hydroxylation is 1. The zero-order chi connectivity index (χ0) is 19.0. The van der Waals surface area contributed by atoms with Gasteiger partial charge in [-0.15, -0.1) is 22.8 Å². The van der Waals surface area contributed by atoms with Gasteiger partial charge >= 0.3 is 0 Å². The molecular formula is C19H21N3O3S. The van der Waals surface area contributed by atoms with Crippen LogP contribution in [0.15, 0.2) is 29.4 Å². The van der Waals surface area contributed by atoms with Crippen molar-refractivity contribution in [3.63, 3.8) is 0 Å². The number of hydrogen-bond acceptors (Lipinski definition) is 6. The molecule has 0 unspecified atom stereocenters. The predicted octanol–water partition coefficient (Wildman–Crippen LogP) is 3.31. The Kier molecular flexibility index (Phi) is 4.93. The van der Waals surface area contributed by atoms with Gasteiger partial charge in [0.1, 0.15) is 11.5 Å². The van der Waals surface area contributed by atoms with Crippen LogP contribution >= 0.6 is 12.6 Å². The van der Waals surface area contributed by atoms with Crippen LogP contribution in [0.3, 0.4) is 0 Å². The first-order valence-corrected chi connectivity index (χ1v) is 8.73. The number of phenols is 2. The molecule has 3 N–H and O–H groups in total. The lowest BCUT2D eigenvalue weighted by atomic mass is 10.0. The third kappa shape index (κ3) is 2.93. The van der Waals surface area contributed by atoms with Crippen LogP contribution in [0.1, 0.15) is 29.2 Å². The minimum Gasteiger partial charge on any atom is -0.508 e. The van der Waals surface area contributed by atoms with E-state index in [1.54, 1.807) is 10.6 Å². The molecule has 0 aliphatic heterocycles. The lowest BCUT2D eigenvalue weighted by Crippen LogP contribution is -2.04. The summed E-state index contributed by atoms with van der Waals surface area (Å²) < 4.78 is 1.75. The molecule has 136 valence electrons. The molecule has 2 aromatic carbocycles. The largest absolute Gasteiger partial charge is 0.508 e. The first kappa shape index (κ1) is 18.3. The van der Waals surface area contributed by atoms with Crippen LogP contribution < -0.4 is 0 Å². The number of aliphatic hydroxyl groups excluding tert-OH is 1. The maximum atomic E-state index is 10.4. The Morgan fingerprint density at radius 3 is 2.38 bits per heavy atom. The fourth-order valence-corrected chi connectivity index (χ4v) is 3.28. The highest BCUT2D eigenvalue weighted by molar-refractivity contribution is 7.80. The Balaban J connectivity index is 2.26. The number of aliphatic hydroxyl groups is 1. The second-order valence-electron chi connectivity index (χ2n) is 6.16. The van der Waals surface area contributed by atoms with Crippen molar-refractivity contribution in [1.82, 2.24) is 14.8 Å². The maximum absolute atomic E-state index is 10.4. The van der Waals surface area contributed by atoms with Gasteiger partial charge in [-0.25, -0.2) is 0 Å². The number of benzene rings is 2. The van der Waals surface area contributed by atoms with Crippen LogP contribution in [0.4, 0.5) is 0 Å². The molecule has 0 aliphatic carbocycles. The first-order chi connectivity index (χ1) is 12.4. The first-order valence-electron chi connectivity index (χ1n) is 8.28. The van der Waals surface area contributed by atoms with E-state index >= 15 is 0 Å². The number of hydrogen-bond donors (Lipinski definition) is 4. The average Bonchev–Trinajstić information content (AvgIpc) is 2.99. The van der Waals surface area contributed by atoms with Crippen molar-refractivity contribution in [2.45, 2.75) is 39.0 Å². The van der Waals surface area contributed by atoms with Crippen LogP contribution in [0, 0.1) is 13.8 Å². The molecule has 0 radical (unpaired) electrons. The molecule has 0 bridgehead atoms. The molecule has 0 spiro atoms. The summed E-state index contributed by atoms with van der Waals surface area (Å²) in [6.45, 7) is 5.79. The Morgan fingerprint density at radius 1 is 1.00 bits per heavy atom. The molecule has 7 heteroatoms. The predicted molar refractivity (Wildman–Crippen MR) is 102 cm³/mol. The van der Waals surface area contributed by atoms with Crippen molar-refractivity contribution >= 4 is 12.6 Å². The highest BCUT2D eigenvalue weighted by atomic mass is 32.1. The van der Waals surface area contributed by atoms with Crippen molar-refractivity contribution in [2.24, 2.45) is 0 Å². The van der Waals surface area contributed by atoms with Gasteiger partial charge in [0.15, 0.2) is 11.0 Å². The van der Waals surface area contributed by atoms with E-state index in [1.165, 1.54) is 6.07 Å². The average molecular weight is 371 g/mol. The van der Waals surface area contributed by atoms with Crippen LogP contribution in [-0.2, 0) is 13.0 Å². The van der Waals surface area contributed by atoms with E-state index in [2.05, 4.69) is 22.8 Å². The number of thiol groups is 1. The summed E-state index contributed by atoms with van der Waals surface area (Å²) in [5, 5.41) is 38.4. The SMILES string of the molecule is CCc1cc(-c2nnc(S)n2-c2ccc(CO)c(C)c2C)c(O)cc1O. The van der Waals surface area contributed by atoms with Gasteiger partial charge in [-0.2, -0.15) is 0 Å². The molecule has 1 aromatic heterocycles. The summed E-state index contributed by atoms with van der Waals surface area (Å²) in [5.74, 6) is 0.398. The van der Waals surface area contributed by atoms with Crippen molar-refractivity contribution in [1.29, 1.82) is 0 Å². The zero-order valence-corrected chi connectivity index (χ0v) is 15.7. The van der Waals surface area contributed by atoms with Gasteiger partial charge in [-0.1, -0.05) is 13.0 Å². The molecule has 0 atom stereocenters. The highest BCUT2D eigenvalue weighted by Gasteiger charge is 2.20. The van der Waals surface area contributed by atoms with E-state index in [0.717, 1.165) is 22.4 Å². The lowest BCUT2D eigenvalue weighted by molar-refractivity contribution is 0.281. The summed E-state index contributed by atoms with van der Waals surface area (Å²) in [5.41, 5.74) is 4.77. The van der Waals surface area contributed by atoms with E-state index in [4.69, 9.17) is 0 Å². The third-order valence-electron chi connectivity index (χ3n) is 4.75. The van der Waals surface area contributed by atoms with Gasteiger partial charge in [0.2, 0.25) is 0 Å². The number of aromatic nitrogens is 3. The standard InChI is InChI=1S/C19H21N3O3S/c1-4-12-7-14(17(25)8-16(12)24)18-20-21-19(26)22(18)15-6-5-13(9-23)10(2)11(15)3/h5-8,23-25H,4,9H2,1-3H3,(H,21,26). The Hall–Kier alpha value is -2.51. The number of aromatic hydroxyl groups is 2. The van der Waals surface area contributed by atoms with Gasteiger partial charge in [0.25, 0.3) is 0 Å². The van der Waals surface area contributed by atoms with E-state index in [0.29, 0.717) is 28.5 Å². The second-order valence-corrected chi connectivity index (χ2v) is 6.56. The molecule has 3 aromatic rings. The van der Waals surface area contributed by atoms with E-state index < -0.39 is 0 Å². The van der Waals surface area contributed by atoms with Crippen molar-refractivity contribution in [3.05, 3.63) is 46.5 Å². The maximum Gasteiger partial charge on any atom is 0.193 e. The van der Waals surface area contributed by atoms with Gasteiger partial charge in [0, 0.05) is 6.07 Å². The fourth-order valence-electron chi connectivity index (χ4n) is 3.03. The van der Waals surface area contributed by atoms with E-state index in [9.17, 15) is 15.3 Å². The Labute approximate surface area is 157 Å². The minimum atomic E-state index is -0.0805. The highest BCUT2D eigenvalue weighted by Crippen LogP contribution is 2.37. The molecule has 3 rings (SSSR count). The van der Waals surface area contributed by atoms with Gasteiger partial charge in [-0.05, 0) is 54.7 Å². The van der Waals surface area contributed by atoms with Crippen LogP contribution in [0.25, 0.3) is 17.1 Å². The molecular weight excluding hydrogens is 350 g/mol. The summed E-state index contributed by atoms with van der Waals surface area (Å²) >= 11 is 4.42. The number of nitrogens with zero attached hydrogens (tertiary/aromatic N) is 3. The normalized spacial score (nSPS) is 11.1. The lowest BCUT2D eigenvalue weighted by Gasteiger charge is -2.16. The Bertz CT molecular complexity index is 983. The van der Waals surface area contributed by atoms with Crippen LogP contribution in [0.5, 0.6) is 11.5 Å². The number of phenolic OH excluding ortho intramolecular Hbond substituents is 2. The molecule has 26 heavy (non-hydrogen) atoms. The molecule has 1 heterocycles. The van der Waals surface area contributed by atoms with Crippen molar-refractivity contribution in [3.8, 4) is 28.6 Å². The molecule has 0 saturated carbocycles. The van der Waals surface area contributed by atoms with Gasteiger partial charge in [0.05, 0.1) is 17.9 Å². The quantitative estimate of drug-likeness (QED) is 0.528. The summed E-state index contributed by atoms with van der Waals surface area (Å²) in [4.78, 5) is 0. The molecule has 0 amide bonds. The second kappa shape index (κ2) is 7.01. The molecule has 6 nitrogen and oxygen atoms in total. The summed E-state index contributed by atoms with van der Waals surface area (Å²) in [6.07, 6.45) is 0.615. The molecule has 0 saturated heterocycles. The van der Waals surface area contributed by atoms with E-state index in [1.807, 2.05) is 32.9 Å². The third-order valence-corrected chi connectivity index (χ3v) is 5.04.